The van der Waals surface area contributed by atoms with Crippen molar-refractivity contribution < 1.29 is 14.5 Å². The zero-order chi connectivity index (χ0) is 23.4. The molecule has 8 nitrogen and oxygen atoms in total. The summed E-state index contributed by atoms with van der Waals surface area (Å²) in [4.78, 5) is 45.5. The number of carbonyl (C=O) groups is 2. The molecule has 2 aromatic carbocycles. The fourth-order valence-electron chi connectivity index (χ4n) is 6.42. The number of amides is 1. The summed E-state index contributed by atoms with van der Waals surface area (Å²) in [7, 11) is 0. The molecule has 0 bridgehead atoms. The van der Waals surface area contributed by atoms with Gasteiger partial charge >= 0.3 is 0 Å². The Kier molecular flexibility index (Phi) is 4.60. The fraction of sp³-hybridized carbons (Fsp3) is 0.269. The summed E-state index contributed by atoms with van der Waals surface area (Å²) in [6.45, 7) is 0.675. The van der Waals surface area contributed by atoms with Crippen molar-refractivity contribution in [1.82, 2.24) is 9.88 Å². The Morgan fingerprint density at radius 2 is 2.00 bits per heavy atom. The first kappa shape index (κ1) is 20.7. The van der Waals surface area contributed by atoms with Crippen LogP contribution in [0.3, 0.4) is 0 Å². The molecule has 0 unspecified atom stereocenters. The summed E-state index contributed by atoms with van der Waals surface area (Å²) in [6, 6.07) is 17.4. The highest BCUT2D eigenvalue weighted by molar-refractivity contribution is 6.12. The third-order valence-corrected chi connectivity index (χ3v) is 7.60. The van der Waals surface area contributed by atoms with Crippen molar-refractivity contribution in [2.45, 2.75) is 30.3 Å². The fourth-order valence-corrected chi connectivity index (χ4v) is 6.42. The van der Waals surface area contributed by atoms with Crippen LogP contribution in [0.1, 0.15) is 40.2 Å². The second-order valence-corrected chi connectivity index (χ2v) is 9.13. The number of nitrogens with zero attached hydrogens (tertiary/aromatic N) is 3. The van der Waals surface area contributed by atoms with Gasteiger partial charge in [-0.15, -0.1) is 0 Å². The van der Waals surface area contributed by atoms with Crippen LogP contribution in [0.2, 0.25) is 0 Å². The number of Topliss-reactive ketones (excluding diaryl/α,β-unsaturated/α-hetero) is 1. The van der Waals surface area contributed by atoms with Crippen LogP contribution >= 0.6 is 0 Å². The molecule has 2 saturated heterocycles. The molecule has 0 saturated carbocycles. The summed E-state index contributed by atoms with van der Waals surface area (Å²) in [6.07, 6.45) is 4.83. The molecule has 1 spiro atoms. The monoisotopic (exact) mass is 454 g/mol. The lowest BCUT2D eigenvalue weighted by Crippen LogP contribution is -2.52. The average molecular weight is 454 g/mol. The highest BCUT2D eigenvalue weighted by Gasteiger charge is 2.69. The van der Waals surface area contributed by atoms with E-state index in [1.807, 2.05) is 30.3 Å². The van der Waals surface area contributed by atoms with Crippen molar-refractivity contribution in [2.24, 2.45) is 5.92 Å². The summed E-state index contributed by atoms with van der Waals surface area (Å²) in [5.74, 6) is -1.53. The number of rotatable bonds is 4. The number of nitro groups is 1. The lowest BCUT2D eigenvalue weighted by atomic mass is 9.69. The van der Waals surface area contributed by atoms with E-state index in [1.165, 1.54) is 12.3 Å². The third-order valence-electron chi connectivity index (χ3n) is 7.60. The van der Waals surface area contributed by atoms with Gasteiger partial charge in [0.2, 0.25) is 5.91 Å². The van der Waals surface area contributed by atoms with Crippen LogP contribution in [0.25, 0.3) is 0 Å². The number of nitro benzene ring substituents is 1. The van der Waals surface area contributed by atoms with Crippen LogP contribution in [0.4, 0.5) is 11.4 Å². The number of aromatic nitrogens is 1. The first-order chi connectivity index (χ1) is 16.5. The van der Waals surface area contributed by atoms with Crippen LogP contribution in [0, 0.1) is 16.0 Å². The molecule has 2 fully saturated rings. The van der Waals surface area contributed by atoms with E-state index in [4.69, 9.17) is 0 Å². The van der Waals surface area contributed by atoms with Gasteiger partial charge in [0, 0.05) is 53.3 Å². The molecular formula is C26H22N4O4. The smallest absolute Gasteiger partial charge is 0.269 e. The highest BCUT2D eigenvalue weighted by atomic mass is 16.6. The highest BCUT2D eigenvalue weighted by Crippen LogP contribution is 2.61. The van der Waals surface area contributed by atoms with Crippen LogP contribution in [-0.4, -0.2) is 39.1 Å². The summed E-state index contributed by atoms with van der Waals surface area (Å²) in [5.41, 5.74) is 1.44. The summed E-state index contributed by atoms with van der Waals surface area (Å²) in [5, 5.41) is 14.6. The van der Waals surface area contributed by atoms with Crippen LogP contribution < -0.4 is 5.32 Å². The van der Waals surface area contributed by atoms with Crippen molar-refractivity contribution in [3.8, 4) is 0 Å². The van der Waals surface area contributed by atoms with E-state index >= 15 is 0 Å². The molecule has 0 aliphatic carbocycles. The Morgan fingerprint density at radius 1 is 1.15 bits per heavy atom. The van der Waals surface area contributed by atoms with E-state index in [0.717, 1.165) is 18.4 Å². The number of anilines is 1. The first-order valence-corrected chi connectivity index (χ1v) is 11.4. The van der Waals surface area contributed by atoms with E-state index in [1.54, 1.807) is 30.5 Å². The third kappa shape index (κ3) is 2.72. The maximum absolute atomic E-state index is 14.2. The summed E-state index contributed by atoms with van der Waals surface area (Å²) >= 11 is 0. The van der Waals surface area contributed by atoms with Gasteiger partial charge in [0.15, 0.2) is 5.78 Å². The second-order valence-electron chi connectivity index (χ2n) is 9.13. The van der Waals surface area contributed by atoms with Crippen LogP contribution in [0.5, 0.6) is 0 Å². The number of hydrogen-bond donors (Lipinski definition) is 1. The molecule has 3 aromatic rings. The minimum absolute atomic E-state index is 0.0214. The van der Waals surface area contributed by atoms with E-state index < -0.39 is 16.4 Å². The average Bonchev–Trinajstić information content (AvgIpc) is 3.52. The minimum atomic E-state index is -1.18. The molecule has 1 amide bonds. The molecule has 4 atom stereocenters. The van der Waals surface area contributed by atoms with Gasteiger partial charge in [-0.2, -0.15) is 0 Å². The topological polar surface area (TPSA) is 105 Å². The predicted molar refractivity (Wildman–Crippen MR) is 124 cm³/mol. The molecule has 3 aliphatic rings. The molecule has 34 heavy (non-hydrogen) atoms. The zero-order valence-corrected chi connectivity index (χ0v) is 18.3. The Balaban J connectivity index is 1.62. The lowest BCUT2D eigenvalue weighted by molar-refractivity contribution is -0.384. The van der Waals surface area contributed by atoms with Gasteiger partial charge in [-0.1, -0.05) is 30.3 Å². The molecule has 3 aliphatic heterocycles. The standard InChI is InChI=1S/C26H22N4O4/c31-24(17-7-4-12-27-15-17)23-22(16-6-3-8-18(14-16)30(33)34)21-11-5-13-29(21)26(23)19-9-1-2-10-20(19)28-25(26)32/h1-4,6-10,12,14-15,21-23H,5,11,13H2,(H,28,32)/t21-,22+,23-,26-/m1/s1. The number of hydrogen-bond acceptors (Lipinski definition) is 6. The normalized spacial score (nSPS) is 27.4. The minimum Gasteiger partial charge on any atom is -0.324 e. The molecule has 1 aromatic heterocycles. The number of para-hydroxylation sites is 1. The van der Waals surface area contributed by atoms with Gasteiger partial charge in [0.1, 0.15) is 5.54 Å². The number of ketones is 1. The second kappa shape index (κ2) is 7.56. The molecule has 6 rings (SSSR count). The van der Waals surface area contributed by atoms with Crippen molar-refractivity contribution in [2.75, 3.05) is 11.9 Å². The van der Waals surface area contributed by atoms with Gasteiger partial charge < -0.3 is 5.32 Å². The number of nitrogens with one attached hydrogen (secondary N) is 1. The van der Waals surface area contributed by atoms with Crippen LogP contribution in [-0.2, 0) is 10.3 Å². The van der Waals surface area contributed by atoms with Crippen molar-refractivity contribution in [3.05, 3.63) is 99.9 Å². The molecular weight excluding hydrogens is 432 g/mol. The van der Waals surface area contributed by atoms with Gasteiger partial charge in [0.05, 0.1) is 10.8 Å². The van der Waals surface area contributed by atoms with E-state index in [2.05, 4.69) is 15.2 Å². The molecule has 170 valence electrons. The van der Waals surface area contributed by atoms with E-state index in [-0.39, 0.29) is 29.3 Å². The molecule has 8 heteroatoms. The zero-order valence-electron chi connectivity index (χ0n) is 18.3. The maximum atomic E-state index is 14.2. The molecule has 0 radical (unpaired) electrons. The van der Waals surface area contributed by atoms with E-state index in [9.17, 15) is 19.7 Å². The SMILES string of the molecule is O=C(c1cccnc1)[C@H]1[C@@H](c2cccc([N+](=O)[O-])c2)[C@H]2CCCN2[C@@]12C(=O)Nc1ccccc12. The van der Waals surface area contributed by atoms with Crippen molar-refractivity contribution in [3.63, 3.8) is 0 Å². The Hall–Kier alpha value is -3.91. The maximum Gasteiger partial charge on any atom is 0.269 e. The van der Waals surface area contributed by atoms with Gasteiger partial charge in [0.25, 0.3) is 5.69 Å². The van der Waals surface area contributed by atoms with Crippen LogP contribution in [0.15, 0.2) is 73.1 Å². The Morgan fingerprint density at radius 3 is 2.79 bits per heavy atom. The summed E-state index contributed by atoms with van der Waals surface area (Å²) < 4.78 is 0. The number of pyridine rings is 1. The van der Waals surface area contributed by atoms with Gasteiger partial charge in [-0.05, 0) is 43.1 Å². The largest absolute Gasteiger partial charge is 0.324 e. The number of fused-ring (bicyclic) bond motifs is 4. The Labute approximate surface area is 195 Å². The number of benzene rings is 2. The Bertz CT molecular complexity index is 1330. The number of carbonyl (C=O) groups excluding carboxylic acids is 2. The molecule has 4 heterocycles. The predicted octanol–water partition coefficient (Wildman–Crippen LogP) is 3.90. The lowest BCUT2D eigenvalue weighted by Gasteiger charge is -2.36. The first-order valence-electron chi connectivity index (χ1n) is 11.4. The van der Waals surface area contributed by atoms with Gasteiger partial charge in [-0.25, -0.2) is 0 Å². The number of non-ortho nitro benzene ring substituents is 1. The quantitative estimate of drug-likeness (QED) is 0.364. The molecule has 1 N–H and O–H groups in total. The van der Waals surface area contributed by atoms with Crippen molar-refractivity contribution >= 4 is 23.1 Å². The van der Waals surface area contributed by atoms with Gasteiger partial charge in [-0.3, -0.25) is 29.6 Å². The van der Waals surface area contributed by atoms with Crippen molar-refractivity contribution in [1.29, 1.82) is 0 Å². The van der Waals surface area contributed by atoms with E-state index in [0.29, 0.717) is 23.4 Å².